The summed E-state index contributed by atoms with van der Waals surface area (Å²) in [7, 11) is 0. The zero-order valence-corrected chi connectivity index (χ0v) is 9.41. The Morgan fingerprint density at radius 1 is 1.31 bits per heavy atom. The van der Waals surface area contributed by atoms with Crippen molar-refractivity contribution in [1.29, 1.82) is 0 Å². The van der Waals surface area contributed by atoms with Crippen molar-refractivity contribution < 1.29 is 4.68 Å². The SMILES string of the molecule is CC(C)n1ccc[n+]1CC(C)(C)C. The first-order valence-corrected chi connectivity index (χ1v) is 4.97. The van der Waals surface area contributed by atoms with E-state index in [2.05, 4.69) is 62.4 Å². The Labute approximate surface area is 81.2 Å². The van der Waals surface area contributed by atoms with Crippen molar-refractivity contribution in [3.05, 3.63) is 18.5 Å². The van der Waals surface area contributed by atoms with Crippen LogP contribution < -0.4 is 4.68 Å². The molecule has 0 N–H and O–H groups in total. The van der Waals surface area contributed by atoms with Gasteiger partial charge < -0.3 is 0 Å². The molecule has 0 saturated heterocycles. The van der Waals surface area contributed by atoms with Crippen LogP contribution in [0.4, 0.5) is 0 Å². The molecule has 0 atom stereocenters. The van der Waals surface area contributed by atoms with Gasteiger partial charge in [0.05, 0.1) is 12.2 Å². The van der Waals surface area contributed by atoms with Crippen LogP contribution in [0.5, 0.6) is 0 Å². The summed E-state index contributed by atoms with van der Waals surface area (Å²) in [5.41, 5.74) is 0.343. The van der Waals surface area contributed by atoms with Gasteiger partial charge in [0.25, 0.3) is 0 Å². The van der Waals surface area contributed by atoms with Crippen molar-refractivity contribution in [1.82, 2.24) is 4.68 Å². The van der Waals surface area contributed by atoms with Gasteiger partial charge in [-0.1, -0.05) is 20.8 Å². The molecule has 2 nitrogen and oxygen atoms in total. The lowest BCUT2D eigenvalue weighted by molar-refractivity contribution is -0.786. The first-order chi connectivity index (χ1) is 5.90. The molecule has 2 heteroatoms. The lowest BCUT2D eigenvalue weighted by atomic mass is 9.97. The first kappa shape index (κ1) is 10.3. The van der Waals surface area contributed by atoms with Gasteiger partial charge in [0, 0.05) is 11.5 Å². The maximum atomic E-state index is 2.28. The van der Waals surface area contributed by atoms with Crippen molar-refractivity contribution in [3.63, 3.8) is 0 Å². The van der Waals surface area contributed by atoms with Gasteiger partial charge in [0.2, 0.25) is 0 Å². The third kappa shape index (κ3) is 2.87. The van der Waals surface area contributed by atoms with E-state index in [-0.39, 0.29) is 0 Å². The molecule has 1 aromatic rings. The van der Waals surface area contributed by atoms with Crippen molar-refractivity contribution in [3.8, 4) is 0 Å². The van der Waals surface area contributed by atoms with E-state index in [4.69, 9.17) is 0 Å². The number of nitrogens with zero attached hydrogens (tertiary/aromatic N) is 2. The topological polar surface area (TPSA) is 8.81 Å². The summed E-state index contributed by atoms with van der Waals surface area (Å²) in [6.45, 7) is 12.3. The van der Waals surface area contributed by atoms with Gasteiger partial charge in [0.1, 0.15) is 0 Å². The van der Waals surface area contributed by atoms with E-state index in [1.807, 2.05) is 0 Å². The molecule has 0 amide bonds. The van der Waals surface area contributed by atoms with Crippen molar-refractivity contribution >= 4 is 0 Å². The summed E-state index contributed by atoms with van der Waals surface area (Å²) in [4.78, 5) is 0. The lowest BCUT2D eigenvalue weighted by Crippen LogP contribution is -2.47. The zero-order valence-electron chi connectivity index (χ0n) is 9.41. The summed E-state index contributed by atoms with van der Waals surface area (Å²) < 4.78 is 4.55. The Bertz CT molecular complexity index is 266. The highest BCUT2D eigenvalue weighted by atomic mass is 15.4. The molecular weight excluding hydrogens is 160 g/mol. The zero-order chi connectivity index (χ0) is 10.1. The van der Waals surface area contributed by atoms with Crippen molar-refractivity contribution in [2.75, 3.05) is 0 Å². The molecular formula is C11H21N2+. The van der Waals surface area contributed by atoms with Crippen LogP contribution in [0.2, 0.25) is 0 Å². The smallest absolute Gasteiger partial charge is 0.158 e. The average molecular weight is 181 g/mol. The molecule has 0 unspecified atom stereocenters. The Hall–Kier alpha value is -0.790. The number of rotatable bonds is 2. The Morgan fingerprint density at radius 2 is 1.92 bits per heavy atom. The molecule has 1 rings (SSSR count). The minimum Gasteiger partial charge on any atom is -0.158 e. The first-order valence-electron chi connectivity index (χ1n) is 4.97. The third-order valence-corrected chi connectivity index (χ3v) is 1.96. The van der Waals surface area contributed by atoms with Crippen LogP contribution in [0.3, 0.4) is 0 Å². The molecule has 0 aromatic carbocycles. The van der Waals surface area contributed by atoms with Crippen LogP contribution in [0.25, 0.3) is 0 Å². The van der Waals surface area contributed by atoms with Crippen LogP contribution in [0, 0.1) is 5.41 Å². The summed E-state index contributed by atoms with van der Waals surface area (Å²) in [6, 6.07) is 2.64. The summed E-state index contributed by atoms with van der Waals surface area (Å²) in [6.07, 6.45) is 4.28. The van der Waals surface area contributed by atoms with Gasteiger partial charge in [-0.2, -0.15) is 4.68 Å². The molecule has 0 aliphatic heterocycles. The summed E-state index contributed by atoms with van der Waals surface area (Å²) >= 11 is 0. The Balaban J connectivity index is 2.83. The van der Waals surface area contributed by atoms with Crippen molar-refractivity contribution in [2.24, 2.45) is 5.41 Å². The van der Waals surface area contributed by atoms with E-state index in [0.29, 0.717) is 11.5 Å². The summed E-state index contributed by atoms with van der Waals surface area (Å²) in [5.74, 6) is 0. The molecule has 0 saturated carbocycles. The van der Waals surface area contributed by atoms with Gasteiger partial charge >= 0.3 is 0 Å². The van der Waals surface area contributed by atoms with E-state index < -0.39 is 0 Å². The number of hydrogen-bond donors (Lipinski definition) is 0. The van der Waals surface area contributed by atoms with Gasteiger partial charge in [0.15, 0.2) is 12.7 Å². The summed E-state index contributed by atoms with van der Waals surface area (Å²) in [5, 5.41) is 0. The van der Waals surface area contributed by atoms with E-state index in [1.165, 1.54) is 0 Å². The fourth-order valence-electron chi connectivity index (χ4n) is 1.48. The molecule has 13 heavy (non-hydrogen) atoms. The number of hydrogen-bond acceptors (Lipinski definition) is 0. The molecule has 0 bridgehead atoms. The van der Waals surface area contributed by atoms with Gasteiger partial charge in [-0.25, -0.2) is 0 Å². The third-order valence-electron chi connectivity index (χ3n) is 1.96. The average Bonchev–Trinajstić information content (AvgIpc) is 2.31. The molecule has 0 aliphatic rings. The molecule has 0 fully saturated rings. The molecule has 74 valence electrons. The largest absolute Gasteiger partial charge is 0.195 e. The minimum atomic E-state index is 0.343. The predicted octanol–water partition coefficient (Wildman–Crippen LogP) is 2.40. The van der Waals surface area contributed by atoms with Crippen LogP contribution in [0.15, 0.2) is 18.5 Å². The quantitative estimate of drug-likeness (QED) is 0.620. The van der Waals surface area contributed by atoms with Crippen LogP contribution >= 0.6 is 0 Å². The molecule has 0 spiro atoms. The van der Waals surface area contributed by atoms with E-state index in [1.54, 1.807) is 0 Å². The standard InChI is InChI=1S/C11H21N2/c1-10(2)13-8-6-7-12(13)9-11(3,4)5/h6-8,10H,9H2,1-5H3/q+1. The maximum Gasteiger partial charge on any atom is 0.195 e. The lowest BCUT2D eigenvalue weighted by Gasteiger charge is -2.15. The normalized spacial score (nSPS) is 12.5. The fraction of sp³-hybridized carbons (Fsp3) is 0.727. The van der Waals surface area contributed by atoms with Crippen molar-refractivity contribution in [2.45, 2.75) is 47.2 Å². The number of aromatic nitrogens is 2. The highest BCUT2D eigenvalue weighted by Crippen LogP contribution is 2.13. The molecule has 1 heterocycles. The second kappa shape index (κ2) is 3.52. The van der Waals surface area contributed by atoms with Gasteiger partial charge in [-0.15, -0.1) is 4.68 Å². The van der Waals surface area contributed by atoms with Gasteiger partial charge in [-0.3, -0.25) is 0 Å². The second-order valence-electron chi connectivity index (χ2n) is 5.12. The van der Waals surface area contributed by atoms with Crippen LogP contribution in [-0.2, 0) is 6.54 Å². The highest BCUT2D eigenvalue weighted by Gasteiger charge is 2.20. The van der Waals surface area contributed by atoms with E-state index >= 15 is 0 Å². The van der Waals surface area contributed by atoms with Crippen LogP contribution in [0.1, 0.15) is 40.7 Å². The monoisotopic (exact) mass is 181 g/mol. The van der Waals surface area contributed by atoms with Crippen LogP contribution in [-0.4, -0.2) is 4.68 Å². The van der Waals surface area contributed by atoms with Gasteiger partial charge in [-0.05, 0) is 13.8 Å². The fourth-order valence-corrected chi connectivity index (χ4v) is 1.48. The van der Waals surface area contributed by atoms with E-state index in [0.717, 1.165) is 6.54 Å². The minimum absolute atomic E-state index is 0.343. The predicted molar refractivity (Wildman–Crippen MR) is 54.5 cm³/mol. The molecule has 0 aliphatic carbocycles. The molecule has 1 aromatic heterocycles. The maximum absolute atomic E-state index is 2.28. The Morgan fingerprint density at radius 3 is 2.38 bits per heavy atom. The van der Waals surface area contributed by atoms with E-state index in [9.17, 15) is 0 Å². The molecule has 0 radical (unpaired) electrons. The highest BCUT2D eigenvalue weighted by molar-refractivity contribution is 4.73. The Kier molecular flexibility index (Phi) is 2.79. The second-order valence-corrected chi connectivity index (χ2v) is 5.12.